The second kappa shape index (κ2) is 3.39. The van der Waals surface area contributed by atoms with Crippen LogP contribution in [0.25, 0.3) is 0 Å². The Morgan fingerprint density at radius 1 is 1.53 bits per heavy atom. The van der Waals surface area contributed by atoms with Gasteiger partial charge in [0, 0.05) is 30.8 Å². The van der Waals surface area contributed by atoms with Crippen LogP contribution in [0.4, 0.5) is 0 Å². The lowest BCUT2D eigenvalue weighted by molar-refractivity contribution is -0.160. The first-order valence-electron chi connectivity index (χ1n) is 5.75. The number of carbonyl (C=O) groups is 1. The molecule has 2 atom stereocenters. The van der Waals surface area contributed by atoms with Crippen LogP contribution in [0.5, 0.6) is 5.75 Å². The number of likely N-dealkylation sites (tertiary alicyclic amines) is 1. The van der Waals surface area contributed by atoms with Crippen molar-refractivity contribution in [2.45, 2.75) is 31.4 Å². The van der Waals surface area contributed by atoms with Gasteiger partial charge in [0.2, 0.25) is 5.91 Å². The summed E-state index contributed by atoms with van der Waals surface area (Å²) in [6.07, 6.45) is 1.38. The Morgan fingerprint density at radius 2 is 2.29 bits per heavy atom. The van der Waals surface area contributed by atoms with Gasteiger partial charge in [-0.15, -0.1) is 0 Å². The van der Waals surface area contributed by atoms with E-state index in [0.29, 0.717) is 11.4 Å². The first-order valence-corrected chi connectivity index (χ1v) is 6.12. The molecule has 2 aliphatic rings. The third-order valence-electron chi connectivity index (χ3n) is 3.87. The van der Waals surface area contributed by atoms with Gasteiger partial charge in [-0.25, -0.2) is 0 Å². The van der Waals surface area contributed by atoms with Gasteiger partial charge in [-0.1, -0.05) is 11.6 Å². The SMILES string of the molecule is CN1C(=O)C[C@H]2C[C@]1(C)Oc1ccc(Cl)cc12. The van der Waals surface area contributed by atoms with Crippen molar-refractivity contribution in [1.82, 2.24) is 4.90 Å². The second-order valence-electron chi connectivity index (χ2n) is 5.02. The number of halogens is 1. The topological polar surface area (TPSA) is 29.5 Å². The van der Waals surface area contributed by atoms with E-state index in [4.69, 9.17) is 16.3 Å². The molecule has 1 fully saturated rings. The molecule has 1 amide bonds. The summed E-state index contributed by atoms with van der Waals surface area (Å²) in [6, 6.07) is 5.64. The number of ether oxygens (including phenoxy) is 1. The number of carbonyl (C=O) groups excluding carboxylic acids is 1. The maximum Gasteiger partial charge on any atom is 0.225 e. The lowest BCUT2D eigenvalue weighted by Crippen LogP contribution is -2.57. The minimum Gasteiger partial charge on any atom is -0.468 e. The van der Waals surface area contributed by atoms with E-state index in [1.54, 1.807) is 11.9 Å². The molecule has 1 aromatic carbocycles. The highest BCUT2D eigenvalue weighted by atomic mass is 35.5. The van der Waals surface area contributed by atoms with Crippen LogP contribution in [0.3, 0.4) is 0 Å². The number of rotatable bonds is 0. The summed E-state index contributed by atoms with van der Waals surface area (Å²) in [5.41, 5.74) is 0.553. The highest BCUT2D eigenvalue weighted by Crippen LogP contribution is 2.47. The number of nitrogens with zero attached hydrogens (tertiary/aromatic N) is 1. The number of amides is 1. The predicted octanol–water partition coefficient (Wildman–Crippen LogP) is 2.78. The Kier molecular flexibility index (Phi) is 2.17. The van der Waals surface area contributed by atoms with Gasteiger partial charge in [-0.05, 0) is 30.7 Å². The fourth-order valence-electron chi connectivity index (χ4n) is 2.78. The first-order chi connectivity index (χ1) is 7.99. The van der Waals surface area contributed by atoms with Gasteiger partial charge in [-0.3, -0.25) is 4.79 Å². The maximum atomic E-state index is 11.9. The van der Waals surface area contributed by atoms with Crippen molar-refractivity contribution in [2.75, 3.05) is 7.05 Å². The average molecular weight is 252 g/mol. The van der Waals surface area contributed by atoms with Crippen molar-refractivity contribution in [1.29, 1.82) is 0 Å². The van der Waals surface area contributed by atoms with Crippen molar-refractivity contribution in [3.05, 3.63) is 28.8 Å². The molecule has 2 bridgehead atoms. The molecule has 0 aliphatic carbocycles. The quantitative estimate of drug-likeness (QED) is 0.710. The normalized spacial score (nSPS) is 30.9. The molecular formula is C13H14ClNO2. The number of hydrogen-bond acceptors (Lipinski definition) is 2. The van der Waals surface area contributed by atoms with Gasteiger partial charge in [0.05, 0.1) is 0 Å². The molecule has 0 N–H and O–H groups in total. The Hall–Kier alpha value is -1.22. The third kappa shape index (κ3) is 1.53. The second-order valence-corrected chi connectivity index (χ2v) is 5.45. The van der Waals surface area contributed by atoms with Crippen LogP contribution < -0.4 is 4.74 Å². The van der Waals surface area contributed by atoms with Crippen LogP contribution in [0.15, 0.2) is 18.2 Å². The highest BCUT2D eigenvalue weighted by molar-refractivity contribution is 6.30. The van der Waals surface area contributed by atoms with E-state index in [1.807, 2.05) is 25.1 Å². The van der Waals surface area contributed by atoms with Gasteiger partial charge < -0.3 is 9.64 Å². The Labute approximate surface area is 105 Å². The van der Waals surface area contributed by atoms with Gasteiger partial charge in [-0.2, -0.15) is 0 Å². The van der Waals surface area contributed by atoms with E-state index in [2.05, 4.69) is 0 Å². The summed E-state index contributed by atoms with van der Waals surface area (Å²) in [7, 11) is 1.81. The van der Waals surface area contributed by atoms with E-state index in [-0.39, 0.29) is 11.8 Å². The van der Waals surface area contributed by atoms with E-state index >= 15 is 0 Å². The molecular weight excluding hydrogens is 238 g/mol. The molecule has 17 heavy (non-hydrogen) atoms. The van der Waals surface area contributed by atoms with Crippen LogP contribution in [0.1, 0.15) is 31.2 Å². The Morgan fingerprint density at radius 3 is 3.06 bits per heavy atom. The lowest BCUT2D eigenvalue weighted by atomic mass is 9.81. The van der Waals surface area contributed by atoms with Crippen molar-refractivity contribution in [2.24, 2.45) is 0 Å². The molecule has 1 saturated heterocycles. The molecule has 90 valence electrons. The van der Waals surface area contributed by atoms with Crippen molar-refractivity contribution < 1.29 is 9.53 Å². The summed E-state index contributed by atoms with van der Waals surface area (Å²) in [5.74, 6) is 1.22. The highest BCUT2D eigenvalue weighted by Gasteiger charge is 2.47. The molecule has 0 unspecified atom stereocenters. The molecule has 4 heteroatoms. The van der Waals surface area contributed by atoms with Crippen molar-refractivity contribution >= 4 is 17.5 Å². The van der Waals surface area contributed by atoms with Gasteiger partial charge in [0.1, 0.15) is 5.75 Å². The number of benzene rings is 1. The zero-order valence-corrected chi connectivity index (χ0v) is 10.6. The molecule has 0 aromatic heterocycles. The largest absolute Gasteiger partial charge is 0.468 e. The smallest absolute Gasteiger partial charge is 0.225 e. The minimum atomic E-state index is -0.513. The van der Waals surface area contributed by atoms with E-state index in [9.17, 15) is 4.79 Å². The molecule has 3 nitrogen and oxygen atoms in total. The minimum absolute atomic E-state index is 0.134. The monoisotopic (exact) mass is 251 g/mol. The number of fused-ring (bicyclic) bond motifs is 4. The standard InChI is InChI=1S/C13H14ClNO2/c1-13-7-8(5-12(16)15(13)2)10-6-9(14)3-4-11(10)17-13/h3-4,6,8H,5,7H2,1-2H3/t8-,13-/m0/s1. The fourth-order valence-corrected chi connectivity index (χ4v) is 2.96. The maximum absolute atomic E-state index is 11.9. The average Bonchev–Trinajstić information content (AvgIpc) is 2.27. The van der Waals surface area contributed by atoms with Gasteiger partial charge >= 0.3 is 0 Å². The Balaban J connectivity index is 2.11. The van der Waals surface area contributed by atoms with Crippen molar-refractivity contribution in [3.8, 4) is 5.75 Å². The van der Waals surface area contributed by atoms with E-state index in [1.165, 1.54) is 0 Å². The number of hydrogen-bond donors (Lipinski definition) is 0. The molecule has 0 radical (unpaired) electrons. The zero-order chi connectivity index (χ0) is 12.2. The van der Waals surface area contributed by atoms with E-state index < -0.39 is 5.72 Å². The summed E-state index contributed by atoms with van der Waals surface area (Å²) >= 11 is 6.00. The van der Waals surface area contributed by atoms with Gasteiger partial charge in [0.25, 0.3) is 0 Å². The zero-order valence-electron chi connectivity index (χ0n) is 9.87. The summed E-state index contributed by atoms with van der Waals surface area (Å²) in [4.78, 5) is 13.6. The molecule has 0 spiro atoms. The van der Waals surface area contributed by atoms with Crippen molar-refractivity contribution in [3.63, 3.8) is 0 Å². The summed E-state index contributed by atoms with van der Waals surface area (Å²) in [6.45, 7) is 1.97. The predicted molar refractivity (Wildman–Crippen MR) is 65.2 cm³/mol. The summed E-state index contributed by atoms with van der Waals surface area (Å²) < 4.78 is 5.97. The third-order valence-corrected chi connectivity index (χ3v) is 4.11. The van der Waals surface area contributed by atoms with Crippen LogP contribution in [0.2, 0.25) is 5.02 Å². The molecule has 0 saturated carbocycles. The van der Waals surface area contributed by atoms with Crippen LogP contribution in [-0.2, 0) is 4.79 Å². The molecule has 1 aromatic rings. The van der Waals surface area contributed by atoms with Crippen LogP contribution >= 0.6 is 11.6 Å². The van der Waals surface area contributed by atoms with E-state index in [0.717, 1.165) is 17.7 Å². The number of piperidine rings is 1. The molecule has 3 rings (SSSR count). The van der Waals surface area contributed by atoms with Gasteiger partial charge in [0.15, 0.2) is 5.72 Å². The van der Waals surface area contributed by atoms with Crippen LogP contribution in [0, 0.1) is 0 Å². The molecule has 2 aliphatic heterocycles. The first kappa shape index (κ1) is 10.9. The van der Waals surface area contributed by atoms with Crippen LogP contribution in [-0.4, -0.2) is 23.6 Å². The Bertz CT molecular complexity index is 502. The fraction of sp³-hybridized carbons (Fsp3) is 0.462. The molecule has 2 heterocycles. The lowest BCUT2D eigenvalue weighted by Gasteiger charge is -2.49. The summed E-state index contributed by atoms with van der Waals surface area (Å²) in [5, 5.41) is 0.697.